The van der Waals surface area contributed by atoms with Crippen LogP contribution >= 0.6 is 11.6 Å². The lowest BCUT2D eigenvalue weighted by Gasteiger charge is -2.11. The Morgan fingerprint density at radius 1 is 1.38 bits per heavy atom. The molecular weight excluding hydrogens is 336 g/mol. The van der Waals surface area contributed by atoms with Gasteiger partial charge in [-0.25, -0.2) is 4.79 Å². The number of halogens is 1. The van der Waals surface area contributed by atoms with Gasteiger partial charge in [0.1, 0.15) is 12.2 Å². The fourth-order valence-corrected chi connectivity index (χ4v) is 2.42. The van der Waals surface area contributed by atoms with E-state index in [1.165, 1.54) is 0 Å². The van der Waals surface area contributed by atoms with Crippen LogP contribution in [-0.4, -0.2) is 41.0 Å². The molecular formula is C15H13ClN4O4. The lowest BCUT2D eigenvalue weighted by atomic mass is 10.1. The van der Waals surface area contributed by atoms with E-state index in [9.17, 15) is 14.4 Å². The largest absolute Gasteiger partial charge is 0.356 e. The fourth-order valence-electron chi connectivity index (χ4n) is 2.19. The number of carbonyl (C=O) groups excluding carboxylic acids is 3. The zero-order valence-electron chi connectivity index (χ0n) is 12.4. The summed E-state index contributed by atoms with van der Waals surface area (Å²) in [6.45, 7) is -0.313. The summed E-state index contributed by atoms with van der Waals surface area (Å²) >= 11 is 6.09. The number of urea groups is 1. The van der Waals surface area contributed by atoms with Crippen LogP contribution in [0.4, 0.5) is 4.79 Å². The molecule has 3 rings (SSSR count). The van der Waals surface area contributed by atoms with Crippen molar-refractivity contribution in [3.63, 3.8) is 0 Å². The van der Waals surface area contributed by atoms with Crippen LogP contribution in [0.3, 0.4) is 0 Å². The summed E-state index contributed by atoms with van der Waals surface area (Å²) in [6, 6.07) is 8.25. The fraction of sp³-hybridized carbons (Fsp3) is 0.200. The molecule has 1 aromatic heterocycles. The maximum absolute atomic E-state index is 11.8. The van der Waals surface area contributed by atoms with Crippen LogP contribution < -0.4 is 10.6 Å². The number of amides is 4. The number of rotatable bonds is 5. The molecule has 2 heterocycles. The minimum Gasteiger partial charge on any atom is -0.356 e. The lowest BCUT2D eigenvalue weighted by Crippen LogP contribution is -2.40. The third kappa shape index (κ3) is 3.38. The third-order valence-corrected chi connectivity index (χ3v) is 3.73. The Morgan fingerprint density at radius 2 is 2.17 bits per heavy atom. The second-order valence-corrected chi connectivity index (χ2v) is 5.48. The van der Waals surface area contributed by atoms with Gasteiger partial charge in [0.2, 0.25) is 5.91 Å². The SMILES string of the molecule is O=C(CN1C(=O)CNC1=O)NCc1cc(-c2ccccc2Cl)on1. The maximum atomic E-state index is 11.8. The number of hydrogen-bond acceptors (Lipinski definition) is 5. The van der Waals surface area contributed by atoms with Gasteiger partial charge in [-0.3, -0.25) is 14.5 Å². The average molecular weight is 349 g/mol. The number of aromatic nitrogens is 1. The molecule has 9 heteroatoms. The van der Waals surface area contributed by atoms with Crippen molar-refractivity contribution in [1.82, 2.24) is 20.7 Å². The first-order valence-corrected chi connectivity index (χ1v) is 7.48. The van der Waals surface area contributed by atoms with Gasteiger partial charge in [-0.15, -0.1) is 0 Å². The van der Waals surface area contributed by atoms with Crippen LogP contribution in [0.25, 0.3) is 11.3 Å². The number of nitrogens with zero attached hydrogens (tertiary/aromatic N) is 2. The van der Waals surface area contributed by atoms with Crippen LogP contribution in [0, 0.1) is 0 Å². The van der Waals surface area contributed by atoms with Crippen molar-refractivity contribution in [2.24, 2.45) is 0 Å². The Kier molecular flexibility index (Phi) is 4.48. The smallest absolute Gasteiger partial charge is 0.325 e. The quantitative estimate of drug-likeness (QED) is 0.789. The van der Waals surface area contributed by atoms with Crippen molar-refractivity contribution in [1.29, 1.82) is 0 Å². The van der Waals surface area contributed by atoms with E-state index in [-0.39, 0.29) is 19.6 Å². The molecule has 0 aliphatic carbocycles. The van der Waals surface area contributed by atoms with Gasteiger partial charge in [0.25, 0.3) is 5.91 Å². The summed E-state index contributed by atoms with van der Waals surface area (Å²) in [7, 11) is 0. The normalized spacial score (nSPS) is 14.0. The van der Waals surface area contributed by atoms with Gasteiger partial charge in [-0.2, -0.15) is 0 Å². The van der Waals surface area contributed by atoms with Gasteiger partial charge < -0.3 is 15.2 Å². The molecule has 24 heavy (non-hydrogen) atoms. The summed E-state index contributed by atoms with van der Waals surface area (Å²) in [5, 5.41) is 9.31. The Balaban J connectivity index is 1.58. The summed E-state index contributed by atoms with van der Waals surface area (Å²) in [5.41, 5.74) is 1.19. The highest BCUT2D eigenvalue weighted by Gasteiger charge is 2.30. The van der Waals surface area contributed by atoms with Crippen molar-refractivity contribution >= 4 is 29.4 Å². The minimum atomic E-state index is -0.572. The number of hydrogen-bond donors (Lipinski definition) is 2. The molecule has 0 radical (unpaired) electrons. The molecule has 1 aliphatic heterocycles. The molecule has 0 saturated carbocycles. The van der Waals surface area contributed by atoms with Crippen LogP contribution in [0.1, 0.15) is 5.69 Å². The van der Waals surface area contributed by atoms with Crippen molar-refractivity contribution in [3.8, 4) is 11.3 Å². The van der Waals surface area contributed by atoms with E-state index in [1.54, 1.807) is 24.3 Å². The molecule has 1 saturated heterocycles. The highest BCUT2D eigenvalue weighted by molar-refractivity contribution is 6.33. The third-order valence-electron chi connectivity index (χ3n) is 3.40. The highest BCUT2D eigenvalue weighted by Crippen LogP contribution is 2.27. The summed E-state index contributed by atoms with van der Waals surface area (Å²) in [5.74, 6) is -0.417. The Hall–Kier alpha value is -2.87. The van der Waals surface area contributed by atoms with E-state index in [2.05, 4.69) is 15.8 Å². The first-order chi connectivity index (χ1) is 11.5. The second-order valence-electron chi connectivity index (χ2n) is 5.08. The first-order valence-electron chi connectivity index (χ1n) is 7.10. The Bertz CT molecular complexity index is 788. The van der Waals surface area contributed by atoms with Gasteiger partial charge >= 0.3 is 6.03 Å². The molecule has 1 aromatic carbocycles. The minimum absolute atomic E-state index is 0.0867. The van der Waals surface area contributed by atoms with E-state index in [0.717, 1.165) is 4.90 Å². The van der Waals surface area contributed by atoms with E-state index in [1.807, 2.05) is 6.07 Å². The molecule has 2 aromatic rings. The van der Waals surface area contributed by atoms with E-state index in [4.69, 9.17) is 16.1 Å². The zero-order valence-corrected chi connectivity index (χ0v) is 13.2. The second kappa shape index (κ2) is 6.71. The number of imide groups is 1. The lowest BCUT2D eigenvalue weighted by molar-refractivity contribution is -0.130. The van der Waals surface area contributed by atoms with Crippen LogP contribution in [0.2, 0.25) is 5.02 Å². The van der Waals surface area contributed by atoms with Crippen molar-refractivity contribution < 1.29 is 18.9 Å². The van der Waals surface area contributed by atoms with Gasteiger partial charge in [0, 0.05) is 11.6 Å². The number of nitrogens with one attached hydrogen (secondary N) is 2. The van der Waals surface area contributed by atoms with Gasteiger partial charge in [0.05, 0.1) is 18.1 Å². The predicted octanol–water partition coefficient (Wildman–Crippen LogP) is 1.16. The van der Waals surface area contributed by atoms with Crippen LogP contribution in [-0.2, 0) is 16.1 Å². The van der Waals surface area contributed by atoms with Gasteiger partial charge in [-0.1, -0.05) is 28.9 Å². The van der Waals surface area contributed by atoms with Crippen molar-refractivity contribution in [3.05, 3.63) is 41.0 Å². The molecule has 0 spiro atoms. The highest BCUT2D eigenvalue weighted by atomic mass is 35.5. The van der Waals surface area contributed by atoms with Crippen LogP contribution in [0.15, 0.2) is 34.9 Å². The monoisotopic (exact) mass is 348 g/mol. The number of carbonyl (C=O) groups is 3. The van der Waals surface area contributed by atoms with E-state index in [0.29, 0.717) is 22.0 Å². The zero-order chi connectivity index (χ0) is 17.1. The average Bonchev–Trinajstić information content (AvgIpc) is 3.15. The van der Waals surface area contributed by atoms with Crippen molar-refractivity contribution in [2.45, 2.75) is 6.54 Å². The van der Waals surface area contributed by atoms with Gasteiger partial charge in [0.15, 0.2) is 5.76 Å². The van der Waals surface area contributed by atoms with Crippen molar-refractivity contribution in [2.75, 3.05) is 13.1 Å². The molecule has 1 fully saturated rings. The van der Waals surface area contributed by atoms with E-state index >= 15 is 0 Å². The molecule has 4 amide bonds. The summed E-state index contributed by atoms with van der Waals surface area (Å²) in [4.78, 5) is 35.5. The predicted molar refractivity (Wildman–Crippen MR) is 83.9 cm³/mol. The first kappa shape index (κ1) is 16.0. The summed E-state index contributed by atoms with van der Waals surface area (Å²) < 4.78 is 5.22. The topological polar surface area (TPSA) is 105 Å². The standard InChI is InChI=1S/C15H13ClN4O4/c16-11-4-2-1-3-10(11)12-5-9(19-24-12)6-17-13(21)8-20-14(22)7-18-15(20)23/h1-5H,6-8H2,(H,17,21)(H,18,23). The van der Waals surface area contributed by atoms with Crippen LogP contribution in [0.5, 0.6) is 0 Å². The molecule has 0 unspecified atom stereocenters. The molecule has 8 nitrogen and oxygen atoms in total. The Morgan fingerprint density at radius 3 is 2.88 bits per heavy atom. The summed E-state index contributed by atoms with van der Waals surface area (Å²) in [6.07, 6.45) is 0. The molecule has 124 valence electrons. The molecule has 2 N–H and O–H groups in total. The molecule has 0 bridgehead atoms. The maximum Gasteiger partial charge on any atom is 0.325 e. The Labute approximate surface area is 141 Å². The van der Waals surface area contributed by atoms with Gasteiger partial charge in [-0.05, 0) is 12.1 Å². The number of benzene rings is 1. The molecule has 1 aliphatic rings. The molecule has 0 atom stereocenters. The van der Waals surface area contributed by atoms with E-state index < -0.39 is 17.8 Å².